The van der Waals surface area contributed by atoms with E-state index in [1.807, 2.05) is 12.1 Å². The monoisotopic (exact) mass is 232 g/mol. The van der Waals surface area contributed by atoms with Crippen LogP contribution >= 0.6 is 0 Å². The summed E-state index contributed by atoms with van der Waals surface area (Å²) < 4.78 is 7.39. The van der Waals surface area contributed by atoms with E-state index in [-0.39, 0.29) is 12.0 Å². The number of carbonyl (C=O) groups is 1. The van der Waals surface area contributed by atoms with Crippen molar-refractivity contribution in [2.45, 2.75) is 13.0 Å². The van der Waals surface area contributed by atoms with Crippen LogP contribution in [0.3, 0.4) is 0 Å². The Balaban J connectivity index is 1.67. The third-order valence-corrected chi connectivity index (χ3v) is 2.84. The van der Waals surface area contributed by atoms with Crippen molar-refractivity contribution in [2.75, 3.05) is 13.1 Å². The molecular formula is C11H12N4O2. The van der Waals surface area contributed by atoms with Gasteiger partial charge < -0.3 is 9.64 Å². The van der Waals surface area contributed by atoms with Gasteiger partial charge in [-0.05, 0) is 12.1 Å². The summed E-state index contributed by atoms with van der Waals surface area (Å²) in [6, 6.07) is 3.71. The van der Waals surface area contributed by atoms with Crippen LogP contribution in [0.15, 0.2) is 24.7 Å². The standard InChI is InChI=1S/C11H12N4O2/c1-8(16)14-4-10(5-14)17-9-2-3-11-12-7-13-15(11)6-9/h2-3,6-7,10H,4-5H2,1H3. The fourth-order valence-corrected chi connectivity index (χ4v) is 1.83. The molecule has 6 heteroatoms. The minimum atomic E-state index is 0.0832. The van der Waals surface area contributed by atoms with Crippen molar-refractivity contribution in [3.63, 3.8) is 0 Å². The van der Waals surface area contributed by atoms with Gasteiger partial charge in [0.2, 0.25) is 5.91 Å². The summed E-state index contributed by atoms with van der Waals surface area (Å²) in [7, 11) is 0. The number of hydrogen-bond acceptors (Lipinski definition) is 4. The van der Waals surface area contributed by atoms with Gasteiger partial charge in [0.05, 0.1) is 19.3 Å². The van der Waals surface area contributed by atoms with Crippen LogP contribution in [0.1, 0.15) is 6.92 Å². The first-order valence-electron chi connectivity index (χ1n) is 5.44. The molecule has 6 nitrogen and oxygen atoms in total. The molecule has 1 saturated heterocycles. The molecule has 2 aromatic heterocycles. The minimum Gasteiger partial charge on any atom is -0.485 e. The lowest BCUT2D eigenvalue weighted by Gasteiger charge is -2.38. The van der Waals surface area contributed by atoms with Crippen molar-refractivity contribution in [3.05, 3.63) is 24.7 Å². The average Bonchev–Trinajstić information content (AvgIpc) is 2.69. The van der Waals surface area contributed by atoms with E-state index in [1.165, 1.54) is 6.33 Å². The Kier molecular flexibility index (Phi) is 2.21. The SMILES string of the molecule is CC(=O)N1CC(Oc2ccc3ncnn3c2)C1. The van der Waals surface area contributed by atoms with Crippen LogP contribution in [0.5, 0.6) is 5.75 Å². The number of ether oxygens (including phenoxy) is 1. The molecule has 2 aromatic rings. The molecular weight excluding hydrogens is 220 g/mol. The van der Waals surface area contributed by atoms with Crippen LogP contribution in [0, 0.1) is 0 Å². The van der Waals surface area contributed by atoms with Gasteiger partial charge in [-0.25, -0.2) is 9.50 Å². The molecule has 0 aliphatic carbocycles. The molecule has 0 bridgehead atoms. The number of aromatic nitrogens is 3. The van der Waals surface area contributed by atoms with Crippen LogP contribution in [0.25, 0.3) is 5.65 Å². The second-order valence-electron chi connectivity index (χ2n) is 4.09. The Morgan fingerprint density at radius 3 is 3.06 bits per heavy atom. The molecule has 1 aliphatic heterocycles. The molecule has 0 spiro atoms. The summed E-state index contributed by atoms with van der Waals surface area (Å²) in [5, 5.41) is 4.03. The lowest BCUT2D eigenvalue weighted by atomic mass is 10.1. The van der Waals surface area contributed by atoms with Crippen molar-refractivity contribution in [2.24, 2.45) is 0 Å². The van der Waals surface area contributed by atoms with Crippen molar-refractivity contribution >= 4 is 11.6 Å². The number of hydrogen-bond donors (Lipinski definition) is 0. The number of amides is 1. The van der Waals surface area contributed by atoms with Crippen LogP contribution in [-0.2, 0) is 4.79 Å². The highest BCUT2D eigenvalue weighted by molar-refractivity contribution is 5.74. The van der Waals surface area contributed by atoms with E-state index < -0.39 is 0 Å². The third kappa shape index (κ3) is 1.82. The van der Waals surface area contributed by atoms with Crippen molar-refractivity contribution in [1.29, 1.82) is 0 Å². The first-order chi connectivity index (χ1) is 8.22. The van der Waals surface area contributed by atoms with Crippen LogP contribution < -0.4 is 4.74 Å². The van der Waals surface area contributed by atoms with Crippen LogP contribution in [0.2, 0.25) is 0 Å². The predicted molar refractivity (Wildman–Crippen MR) is 59.7 cm³/mol. The second kappa shape index (κ2) is 3.73. The maximum atomic E-state index is 11.0. The summed E-state index contributed by atoms with van der Waals surface area (Å²) >= 11 is 0. The predicted octanol–water partition coefficient (Wildman–Crippen LogP) is 0.339. The molecule has 0 atom stereocenters. The molecule has 1 fully saturated rings. The van der Waals surface area contributed by atoms with Gasteiger partial charge in [0, 0.05) is 6.92 Å². The zero-order valence-corrected chi connectivity index (χ0v) is 9.41. The molecule has 1 aliphatic rings. The summed E-state index contributed by atoms with van der Waals surface area (Å²) in [6.45, 7) is 2.88. The molecule has 0 N–H and O–H groups in total. The van der Waals surface area contributed by atoms with Gasteiger partial charge in [-0.2, -0.15) is 5.10 Å². The molecule has 3 heterocycles. The maximum absolute atomic E-state index is 11.0. The topological polar surface area (TPSA) is 59.7 Å². The number of nitrogens with zero attached hydrogens (tertiary/aromatic N) is 4. The molecule has 0 radical (unpaired) electrons. The van der Waals surface area contributed by atoms with E-state index in [1.54, 1.807) is 22.5 Å². The number of rotatable bonds is 2. The molecule has 0 aromatic carbocycles. The van der Waals surface area contributed by atoms with E-state index in [0.29, 0.717) is 13.1 Å². The van der Waals surface area contributed by atoms with Gasteiger partial charge in [-0.3, -0.25) is 4.79 Å². The van der Waals surface area contributed by atoms with Crippen molar-refractivity contribution in [1.82, 2.24) is 19.5 Å². The fourth-order valence-electron chi connectivity index (χ4n) is 1.83. The Bertz CT molecular complexity index is 559. The number of likely N-dealkylation sites (tertiary alicyclic amines) is 1. The Morgan fingerprint density at radius 2 is 2.29 bits per heavy atom. The molecule has 0 unspecified atom stereocenters. The quantitative estimate of drug-likeness (QED) is 0.749. The van der Waals surface area contributed by atoms with Gasteiger partial charge in [0.15, 0.2) is 5.65 Å². The van der Waals surface area contributed by atoms with Gasteiger partial charge in [0.25, 0.3) is 0 Å². The second-order valence-corrected chi connectivity index (χ2v) is 4.09. The molecule has 88 valence electrons. The lowest BCUT2D eigenvalue weighted by Crippen LogP contribution is -2.55. The van der Waals surface area contributed by atoms with E-state index in [9.17, 15) is 4.79 Å². The van der Waals surface area contributed by atoms with Crippen molar-refractivity contribution < 1.29 is 9.53 Å². The summed E-state index contributed by atoms with van der Waals surface area (Å²) in [5.74, 6) is 0.841. The Morgan fingerprint density at radius 1 is 1.47 bits per heavy atom. The highest BCUT2D eigenvalue weighted by atomic mass is 16.5. The first-order valence-corrected chi connectivity index (χ1v) is 5.44. The molecule has 17 heavy (non-hydrogen) atoms. The number of fused-ring (bicyclic) bond motifs is 1. The normalized spacial score (nSPS) is 15.9. The van der Waals surface area contributed by atoms with Gasteiger partial charge in [0.1, 0.15) is 18.2 Å². The molecule has 0 saturated carbocycles. The van der Waals surface area contributed by atoms with E-state index >= 15 is 0 Å². The van der Waals surface area contributed by atoms with Gasteiger partial charge >= 0.3 is 0 Å². The molecule has 3 rings (SSSR count). The highest BCUT2D eigenvalue weighted by Crippen LogP contribution is 2.18. The Labute approximate surface area is 97.8 Å². The maximum Gasteiger partial charge on any atom is 0.219 e. The highest BCUT2D eigenvalue weighted by Gasteiger charge is 2.30. The molecule has 1 amide bonds. The summed E-state index contributed by atoms with van der Waals surface area (Å²) in [5.41, 5.74) is 0.788. The van der Waals surface area contributed by atoms with E-state index in [4.69, 9.17) is 4.74 Å². The summed E-state index contributed by atoms with van der Waals surface area (Å²) in [4.78, 5) is 16.8. The zero-order chi connectivity index (χ0) is 11.8. The Hall–Kier alpha value is -2.11. The largest absolute Gasteiger partial charge is 0.485 e. The van der Waals surface area contributed by atoms with Crippen LogP contribution in [0.4, 0.5) is 0 Å². The fraction of sp³-hybridized carbons (Fsp3) is 0.364. The first kappa shape index (κ1) is 10.1. The van der Waals surface area contributed by atoms with E-state index in [0.717, 1.165) is 11.4 Å². The number of pyridine rings is 1. The third-order valence-electron chi connectivity index (χ3n) is 2.84. The zero-order valence-electron chi connectivity index (χ0n) is 9.41. The minimum absolute atomic E-state index is 0.0832. The lowest BCUT2D eigenvalue weighted by molar-refractivity contribution is -0.137. The average molecular weight is 232 g/mol. The van der Waals surface area contributed by atoms with Gasteiger partial charge in [-0.15, -0.1) is 0 Å². The van der Waals surface area contributed by atoms with Crippen molar-refractivity contribution in [3.8, 4) is 5.75 Å². The summed E-state index contributed by atoms with van der Waals surface area (Å²) in [6.07, 6.45) is 3.37. The van der Waals surface area contributed by atoms with Crippen LogP contribution in [-0.4, -0.2) is 44.6 Å². The van der Waals surface area contributed by atoms with E-state index in [2.05, 4.69) is 10.1 Å². The number of carbonyl (C=O) groups excluding carboxylic acids is 1. The smallest absolute Gasteiger partial charge is 0.219 e. The van der Waals surface area contributed by atoms with Gasteiger partial charge in [-0.1, -0.05) is 0 Å².